The molecule has 4 heterocycles. The van der Waals surface area contributed by atoms with Crippen LogP contribution in [0.15, 0.2) is 43.1 Å². The maximum Gasteiger partial charge on any atom is 0.255 e. The van der Waals surface area contributed by atoms with Gasteiger partial charge in [0.05, 0.1) is 12.7 Å². The van der Waals surface area contributed by atoms with Crippen LogP contribution in [0.2, 0.25) is 0 Å². The third-order valence-corrected chi connectivity index (χ3v) is 4.79. The smallest absolute Gasteiger partial charge is 0.255 e. The van der Waals surface area contributed by atoms with Crippen LogP contribution < -0.4 is 9.64 Å². The molecule has 0 bridgehead atoms. The van der Waals surface area contributed by atoms with Gasteiger partial charge in [-0.2, -0.15) is 0 Å². The third-order valence-electron chi connectivity index (χ3n) is 4.79. The average molecular weight is 379 g/mol. The second kappa shape index (κ2) is 7.63. The van der Waals surface area contributed by atoms with Gasteiger partial charge in [-0.05, 0) is 13.0 Å². The third kappa shape index (κ3) is 3.51. The summed E-state index contributed by atoms with van der Waals surface area (Å²) in [6.45, 7) is 4.58. The summed E-state index contributed by atoms with van der Waals surface area (Å²) in [5.74, 6) is 2.97. The van der Waals surface area contributed by atoms with Crippen LogP contribution in [-0.4, -0.2) is 68.6 Å². The standard InChI is InChI=1S/C19H21N7O2/c1-14-20-5-6-26(14)17-11-16(22-13-23-17)24-7-9-25(10-8-24)19(27)15-3-4-18(28-2)21-12-15/h3-6,11-13H,7-10H2,1-2H3. The van der Waals surface area contributed by atoms with Crippen molar-refractivity contribution in [1.82, 2.24) is 29.4 Å². The molecule has 9 nitrogen and oxygen atoms in total. The van der Waals surface area contributed by atoms with Crippen molar-refractivity contribution < 1.29 is 9.53 Å². The first-order valence-electron chi connectivity index (χ1n) is 9.02. The highest BCUT2D eigenvalue weighted by Crippen LogP contribution is 2.18. The number of ether oxygens (including phenoxy) is 1. The van der Waals surface area contributed by atoms with E-state index in [0.717, 1.165) is 17.5 Å². The summed E-state index contributed by atoms with van der Waals surface area (Å²) in [5, 5.41) is 0. The van der Waals surface area contributed by atoms with E-state index in [-0.39, 0.29) is 5.91 Å². The van der Waals surface area contributed by atoms with E-state index in [4.69, 9.17) is 4.74 Å². The molecule has 0 atom stereocenters. The molecule has 0 spiro atoms. The minimum Gasteiger partial charge on any atom is -0.481 e. The fourth-order valence-electron chi connectivity index (χ4n) is 3.21. The summed E-state index contributed by atoms with van der Waals surface area (Å²) in [4.78, 5) is 33.8. The number of imidazole rings is 1. The Morgan fingerprint density at radius 2 is 1.82 bits per heavy atom. The monoisotopic (exact) mass is 379 g/mol. The van der Waals surface area contributed by atoms with Crippen molar-refractivity contribution >= 4 is 11.7 Å². The van der Waals surface area contributed by atoms with Gasteiger partial charge in [-0.25, -0.2) is 19.9 Å². The van der Waals surface area contributed by atoms with Crippen LogP contribution in [0.4, 0.5) is 5.82 Å². The van der Waals surface area contributed by atoms with E-state index in [1.54, 1.807) is 38.0 Å². The molecule has 144 valence electrons. The van der Waals surface area contributed by atoms with E-state index in [0.29, 0.717) is 37.6 Å². The minimum absolute atomic E-state index is 0.0211. The van der Waals surface area contributed by atoms with Gasteiger partial charge < -0.3 is 14.5 Å². The molecule has 1 saturated heterocycles. The Bertz CT molecular complexity index is 962. The molecule has 9 heteroatoms. The maximum atomic E-state index is 12.7. The number of hydrogen-bond donors (Lipinski definition) is 0. The van der Waals surface area contributed by atoms with Gasteiger partial charge in [-0.3, -0.25) is 9.36 Å². The number of anilines is 1. The number of aryl methyl sites for hydroxylation is 1. The Hall–Kier alpha value is -3.49. The Balaban J connectivity index is 1.43. The first-order valence-corrected chi connectivity index (χ1v) is 9.02. The molecule has 1 aliphatic heterocycles. The highest BCUT2D eigenvalue weighted by atomic mass is 16.5. The SMILES string of the molecule is COc1ccc(C(=O)N2CCN(c3cc(-n4ccnc4C)ncn3)CC2)cn1. The number of carbonyl (C=O) groups is 1. The lowest BCUT2D eigenvalue weighted by Crippen LogP contribution is -2.49. The number of rotatable bonds is 4. The minimum atomic E-state index is -0.0211. The lowest BCUT2D eigenvalue weighted by molar-refractivity contribution is 0.0746. The number of hydrogen-bond acceptors (Lipinski definition) is 7. The van der Waals surface area contributed by atoms with Crippen molar-refractivity contribution in [3.63, 3.8) is 0 Å². The van der Waals surface area contributed by atoms with Gasteiger partial charge in [0.15, 0.2) is 0 Å². The first-order chi connectivity index (χ1) is 13.7. The Labute approximate surface area is 162 Å². The van der Waals surface area contributed by atoms with Crippen molar-refractivity contribution in [3.05, 3.63) is 54.5 Å². The van der Waals surface area contributed by atoms with Crippen molar-refractivity contribution in [3.8, 4) is 11.7 Å². The zero-order valence-corrected chi connectivity index (χ0v) is 15.8. The van der Waals surface area contributed by atoms with Crippen LogP contribution in [-0.2, 0) is 0 Å². The first kappa shape index (κ1) is 17.9. The predicted molar refractivity (Wildman–Crippen MR) is 103 cm³/mol. The van der Waals surface area contributed by atoms with E-state index in [9.17, 15) is 4.79 Å². The molecule has 1 aliphatic rings. The van der Waals surface area contributed by atoms with Crippen LogP contribution in [0.3, 0.4) is 0 Å². The second-order valence-electron chi connectivity index (χ2n) is 6.45. The summed E-state index contributed by atoms with van der Waals surface area (Å²) in [5.41, 5.74) is 0.564. The number of amides is 1. The Morgan fingerprint density at radius 1 is 1.04 bits per heavy atom. The fourth-order valence-corrected chi connectivity index (χ4v) is 3.21. The predicted octanol–water partition coefficient (Wildman–Crippen LogP) is 1.34. The number of carbonyl (C=O) groups excluding carboxylic acids is 1. The molecule has 28 heavy (non-hydrogen) atoms. The Kier molecular flexibility index (Phi) is 4.88. The summed E-state index contributed by atoms with van der Waals surface area (Å²) in [6.07, 6.45) is 6.73. The normalized spacial score (nSPS) is 14.2. The molecule has 4 rings (SSSR count). The number of nitrogens with zero attached hydrogens (tertiary/aromatic N) is 7. The van der Waals surface area contributed by atoms with Crippen molar-refractivity contribution in [2.45, 2.75) is 6.92 Å². The largest absolute Gasteiger partial charge is 0.481 e. The number of pyridine rings is 1. The number of piperazine rings is 1. The molecule has 0 N–H and O–H groups in total. The molecule has 3 aromatic rings. The summed E-state index contributed by atoms with van der Waals surface area (Å²) < 4.78 is 6.96. The quantitative estimate of drug-likeness (QED) is 0.676. The molecule has 0 saturated carbocycles. The van der Waals surface area contributed by atoms with E-state index in [1.807, 2.05) is 28.7 Å². The molecule has 0 aromatic carbocycles. The van der Waals surface area contributed by atoms with Gasteiger partial charge in [0.1, 0.15) is 23.8 Å². The lowest BCUT2D eigenvalue weighted by atomic mass is 10.2. The molecule has 1 fully saturated rings. The maximum absolute atomic E-state index is 12.7. The molecule has 3 aromatic heterocycles. The molecular weight excluding hydrogens is 358 g/mol. The van der Waals surface area contributed by atoms with Gasteiger partial charge in [-0.1, -0.05) is 0 Å². The molecular formula is C19H21N7O2. The second-order valence-corrected chi connectivity index (χ2v) is 6.45. The molecule has 0 radical (unpaired) electrons. The van der Waals surface area contributed by atoms with Crippen molar-refractivity contribution in [2.24, 2.45) is 0 Å². The highest BCUT2D eigenvalue weighted by molar-refractivity contribution is 5.94. The van der Waals surface area contributed by atoms with E-state index >= 15 is 0 Å². The van der Waals surface area contributed by atoms with Crippen molar-refractivity contribution in [2.75, 3.05) is 38.2 Å². The highest BCUT2D eigenvalue weighted by Gasteiger charge is 2.23. The van der Waals surface area contributed by atoms with Gasteiger partial charge in [0.2, 0.25) is 5.88 Å². The summed E-state index contributed by atoms with van der Waals surface area (Å²) >= 11 is 0. The van der Waals surface area contributed by atoms with E-state index < -0.39 is 0 Å². The summed E-state index contributed by atoms with van der Waals surface area (Å²) in [6, 6.07) is 5.38. The van der Waals surface area contributed by atoms with Crippen LogP contribution in [0.5, 0.6) is 5.88 Å². The lowest BCUT2D eigenvalue weighted by Gasteiger charge is -2.35. The number of aromatic nitrogens is 5. The van der Waals surface area contributed by atoms with E-state index in [1.165, 1.54) is 0 Å². The van der Waals surface area contributed by atoms with Gasteiger partial charge in [-0.15, -0.1) is 0 Å². The van der Waals surface area contributed by atoms with Crippen LogP contribution in [0.25, 0.3) is 5.82 Å². The van der Waals surface area contributed by atoms with Gasteiger partial charge in [0, 0.05) is 56.9 Å². The zero-order valence-electron chi connectivity index (χ0n) is 15.8. The summed E-state index contributed by atoms with van der Waals surface area (Å²) in [7, 11) is 1.55. The topological polar surface area (TPSA) is 89.3 Å². The van der Waals surface area contributed by atoms with Gasteiger partial charge in [0.25, 0.3) is 5.91 Å². The molecule has 0 aliphatic carbocycles. The van der Waals surface area contributed by atoms with Crippen LogP contribution >= 0.6 is 0 Å². The Morgan fingerprint density at radius 3 is 2.46 bits per heavy atom. The average Bonchev–Trinajstić information content (AvgIpc) is 3.19. The van der Waals surface area contributed by atoms with E-state index in [2.05, 4.69) is 24.8 Å². The van der Waals surface area contributed by atoms with Crippen LogP contribution in [0.1, 0.15) is 16.2 Å². The van der Waals surface area contributed by atoms with Crippen LogP contribution in [0, 0.1) is 6.92 Å². The molecule has 1 amide bonds. The molecule has 0 unspecified atom stereocenters. The van der Waals surface area contributed by atoms with Gasteiger partial charge >= 0.3 is 0 Å². The number of methoxy groups -OCH3 is 1. The fraction of sp³-hybridized carbons (Fsp3) is 0.316. The zero-order chi connectivity index (χ0) is 19.5. The van der Waals surface area contributed by atoms with Crippen molar-refractivity contribution in [1.29, 1.82) is 0 Å².